The lowest BCUT2D eigenvalue weighted by molar-refractivity contribution is -0.132. The molecule has 0 amide bonds. The highest BCUT2D eigenvalue weighted by Gasteiger charge is 2.52. The largest absolute Gasteiger partial charge is 0.459 e. The number of benzene rings is 2. The Hall–Kier alpha value is -4.31. The van der Waals surface area contributed by atoms with E-state index in [0.717, 1.165) is 24.0 Å². The van der Waals surface area contributed by atoms with Crippen LogP contribution in [0.2, 0.25) is 0 Å². The van der Waals surface area contributed by atoms with Crippen molar-refractivity contribution in [1.82, 2.24) is 19.5 Å². The van der Waals surface area contributed by atoms with E-state index in [9.17, 15) is 9.59 Å². The molecule has 3 heterocycles. The lowest BCUT2D eigenvalue weighted by Crippen LogP contribution is -2.46. The molecular formula is C31H33N5O5. The zero-order chi connectivity index (χ0) is 28.6. The second-order valence-electron chi connectivity index (χ2n) is 10.9. The number of hydrogen-bond acceptors (Lipinski definition) is 9. The minimum absolute atomic E-state index is 0.0886. The Balaban J connectivity index is 1.28. The zero-order valence-electron chi connectivity index (χ0n) is 23.4. The fourth-order valence-electron chi connectivity index (χ4n) is 5.10. The molecule has 0 radical (unpaired) electrons. The summed E-state index contributed by atoms with van der Waals surface area (Å²) in [5.74, 6) is -0.244. The SMILES string of the molecule is CC[C@]1(COC(=O)c2ccc(C)cc2)O[C@@H](n2cnc3c(NC4CC4)ncnc32)C[C@@H]1OC(=O)c1ccc(C)cc1. The number of rotatable bonds is 9. The third kappa shape index (κ3) is 5.52. The van der Waals surface area contributed by atoms with Gasteiger partial charge in [0.25, 0.3) is 0 Å². The van der Waals surface area contributed by atoms with Crippen molar-refractivity contribution in [3.8, 4) is 0 Å². The van der Waals surface area contributed by atoms with Crippen LogP contribution in [0.1, 0.15) is 70.7 Å². The first-order chi connectivity index (χ1) is 19.8. The summed E-state index contributed by atoms with van der Waals surface area (Å²) in [5.41, 5.74) is 3.15. The van der Waals surface area contributed by atoms with E-state index in [1.165, 1.54) is 6.33 Å². The number of nitrogens with zero attached hydrogens (tertiary/aromatic N) is 4. The van der Waals surface area contributed by atoms with Gasteiger partial charge in [-0.3, -0.25) is 4.57 Å². The number of carbonyl (C=O) groups excluding carboxylic acids is 2. The van der Waals surface area contributed by atoms with Gasteiger partial charge in [-0.2, -0.15) is 0 Å². The van der Waals surface area contributed by atoms with E-state index in [2.05, 4.69) is 20.3 Å². The molecule has 6 rings (SSSR count). The Kier molecular flexibility index (Phi) is 7.17. The fourth-order valence-corrected chi connectivity index (χ4v) is 5.10. The molecule has 1 aliphatic carbocycles. The van der Waals surface area contributed by atoms with Gasteiger partial charge in [0, 0.05) is 12.5 Å². The molecular weight excluding hydrogens is 522 g/mol. The highest BCUT2D eigenvalue weighted by Crippen LogP contribution is 2.43. The van der Waals surface area contributed by atoms with Crippen molar-refractivity contribution in [3.05, 3.63) is 83.4 Å². The summed E-state index contributed by atoms with van der Waals surface area (Å²) < 4.78 is 20.4. The summed E-state index contributed by atoms with van der Waals surface area (Å²) in [6.07, 6.45) is 4.90. The molecule has 1 saturated heterocycles. The van der Waals surface area contributed by atoms with Crippen LogP contribution < -0.4 is 5.32 Å². The summed E-state index contributed by atoms with van der Waals surface area (Å²) in [4.78, 5) is 39.6. The molecule has 4 aromatic rings. The zero-order valence-corrected chi connectivity index (χ0v) is 23.4. The Morgan fingerprint density at radius 3 is 2.27 bits per heavy atom. The van der Waals surface area contributed by atoms with Crippen molar-refractivity contribution < 1.29 is 23.8 Å². The van der Waals surface area contributed by atoms with Crippen LogP contribution in [0.5, 0.6) is 0 Å². The Bertz CT molecular complexity index is 1560. The van der Waals surface area contributed by atoms with E-state index in [-0.39, 0.29) is 6.61 Å². The number of esters is 2. The number of hydrogen-bond donors (Lipinski definition) is 1. The van der Waals surface area contributed by atoms with Crippen molar-refractivity contribution in [1.29, 1.82) is 0 Å². The molecule has 2 fully saturated rings. The van der Waals surface area contributed by atoms with Crippen molar-refractivity contribution in [3.63, 3.8) is 0 Å². The van der Waals surface area contributed by atoms with Crippen molar-refractivity contribution in [2.45, 2.75) is 70.4 Å². The van der Waals surface area contributed by atoms with Crippen molar-refractivity contribution >= 4 is 28.9 Å². The quantitative estimate of drug-likeness (QED) is 0.279. The minimum atomic E-state index is -1.08. The molecule has 1 saturated carbocycles. The maximum Gasteiger partial charge on any atom is 0.338 e. The van der Waals surface area contributed by atoms with Gasteiger partial charge in [-0.25, -0.2) is 24.5 Å². The topological polar surface area (TPSA) is 117 Å². The maximum absolute atomic E-state index is 13.2. The Morgan fingerprint density at radius 2 is 1.63 bits per heavy atom. The number of aromatic nitrogens is 4. The van der Waals surface area contributed by atoms with E-state index in [1.807, 2.05) is 49.6 Å². The molecule has 0 bridgehead atoms. The molecule has 10 nitrogen and oxygen atoms in total. The fraction of sp³-hybridized carbons (Fsp3) is 0.387. The number of aryl methyl sites for hydroxylation is 2. The normalized spacial score (nSPS) is 22.0. The van der Waals surface area contributed by atoms with Gasteiger partial charge >= 0.3 is 11.9 Å². The van der Waals surface area contributed by atoms with Gasteiger partial charge in [-0.1, -0.05) is 42.3 Å². The highest BCUT2D eigenvalue weighted by molar-refractivity contribution is 5.90. The van der Waals surface area contributed by atoms with Gasteiger partial charge in [-0.05, 0) is 57.4 Å². The lowest BCUT2D eigenvalue weighted by Gasteiger charge is -2.32. The molecule has 1 N–H and O–H groups in total. The molecule has 41 heavy (non-hydrogen) atoms. The van der Waals surface area contributed by atoms with Crippen LogP contribution in [0, 0.1) is 13.8 Å². The standard InChI is InChI=1S/C31H33N5O5/c1-4-31(16-39-29(37)21-9-5-19(2)6-10-21)24(40-30(38)22-11-7-20(3)8-12-22)15-25(41-31)36-18-34-26-27(35-23-13-14-23)32-17-33-28(26)36/h5-12,17-18,23-25H,4,13-16H2,1-3H3,(H,32,33,35)/t24-,25+,31+/m0/s1. The molecule has 3 atom stereocenters. The van der Waals surface area contributed by atoms with Gasteiger partial charge in [0.2, 0.25) is 0 Å². The lowest BCUT2D eigenvalue weighted by atomic mass is 9.94. The summed E-state index contributed by atoms with van der Waals surface area (Å²) in [6, 6.07) is 14.8. The number of fused-ring (bicyclic) bond motifs is 1. The molecule has 2 aromatic carbocycles. The number of ether oxygens (including phenoxy) is 3. The van der Waals surface area contributed by atoms with Gasteiger partial charge in [0.15, 0.2) is 17.0 Å². The van der Waals surface area contributed by atoms with Gasteiger partial charge in [-0.15, -0.1) is 0 Å². The number of carbonyl (C=O) groups is 2. The monoisotopic (exact) mass is 555 g/mol. The van der Waals surface area contributed by atoms with Gasteiger partial charge in [0.1, 0.15) is 30.9 Å². The van der Waals surface area contributed by atoms with E-state index in [1.54, 1.807) is 30.6 Å². The predicted octanol–water partition coefficient (Wildman–Crippen LogP) is 5.17. The summed E-state index contributed by atoms with van der Waals surface area (Å²) >= 11 is 0. The maximum atomic E-state index is 13.2. The smallest absolute Gasteiger partial charge is 0.338 e. The number of imidazole rings is 1. The summed E-state index contributed by atoms with van der Waals surface area (Å²) in [6.45, 7) is 5.76. The van der Waals surface area contributed by atoms with E-state index >= 15 is 0 Å². The van der Waals surface area contributed by atoms with E-state index in [4.69, 9.17) is 14.2 Å². The molecule has 0 unspecified atom stereocenters. The first-order valence-corrected chi connectivity index (χ1v) is 14.0. The number of nitrogens with one attached hydrogen (secondary N) is 1. The summed E-state index contributed by atoms with van der Waals surface area (Å²) in [5, 5.41) is 3.40. The Labute approximate surface area is 238 Å². The van der Waals surface area contributed by atoms with Gasteiger partial charge in [0.05, 0.1) is 17.5 Å². The van der Waals surface area contributed by atoms with Crippen molar-refractivity contribution in [2.24, 2.45) is 0 Å². The molecule has 2 aliphatic rings. The van der Waals surface area contributed by atoms with Crippen LogP contribution in [0.3, 0.4) is 0 Å². The van der Waals surface area contributed by atoms with E-state index < -0.39 is 29.9 Å². The van der Waals surface area contributed by atoms with Crippen molar-refractivity contribution in [2.75, 3.05) is 11.9 Å². The average molecular weight is 556 g/mol. The molecule has 0 spiro atoms. The third-order valence-electron chi connectivity index (χ3n) is 7.83. The first kappa shape index (κ1) is 26.9. The summed E-state index contributed by atoms with van der Waals surface area (Å²) in [7, 11) is 0. The highest BCUT2D eigenvalue weighted by atomic mass is 16.6. The van der Waals surface area contributed by atoms with Crippen LogP contribution in [0.15, 0.2) is 61.2 Å². The van der Waals surface area contributed by atoms with Gasteiger partial charge < -0.3 is 19.5 Å². The van der Waals surface area contributed by atoms with Crippen LogP contribution in [-0.2, 0) is 14.2 Å². The molecule has 2 aromatic heterocycles. The van der Waals surface area contributed by atoms with Crippen LogP contribution in [0.4, 0.5) is 5.82 Å². The first-order valence-electron chi connectivity index (χ1n) is 14.0. The van der Waals surface area contributed by atoms with E-state index in [0.29, 0.717) is 47.0 Å². The third-order valence-corrected chi connectivity index (χ3v) is 7.83. The molecule has 10 heteroatoms. The second kappa shape index (κ2) is 10.9. The predicted molar refractivity (Wildman–Crippen MR) is 152 cm³/mol. The molecule has 212 valence electrons. The van der Waals surface area contributed by atoms with Crippen LogP contribution >= 0.6 is 0 Å². The van der Waals surface area contributed by atoms with Crippen LogP contribution in [0.25, 0.3) is 11.2 Å². The second-order valence-corrected chi connectivity index (χ2v) is 10.9. The minimum Gasteiger partial charge on any atom is -0.459 e. The molecule has 1 aliphatic heterocycles. The average Bonchev–Trinajstić information content (AvgIpc) is 3.57. The Morgan fingerprint density at radius 1 is 0.976 bits per heavy atom. The van der Waals surface area contributed by atoms with Crippen LogP contribution in [-0.4, -0.2) is 55.8 Å². The number of anilines is 1.